The Morgan fingerprint density at radius 2 is 1.69 bits per heavy atom. The molecule has 4 rings (SSSR count). The van der Waals surface area contributed by atoms with E-state index in [4.69, 9.17) is 18.9 Å². The van der Waals surface area contributed by atoms with Gasteiger partial charge in [0.25, 0.3) is 0 Å². The third-order valence-electron chi connectivity index (χ3n) is 6.52. The van der Waals surface area contributed by atoms with Crippen LogP contribution < -0.4 is 29.7 Å². The first-order chi connectivity index (χ1) is 17.4. The molecule has 1 atom stereocenters. The van der Waals surface area contributed by atoms with Crippen LogP contribution in [0.4, 0.5) is 0 Å². The van der Waals surface area contributed by atoms with Crippen molar-refractivity contribution < 1.29 is 24.1 Å². The number of rotatable bonds is 8. The third kappa shape index (κ3) is 4.83. The fourth-order valence-corrected chi connectivity index (χ4v) is 5.22. The molecule has 0 aliphatic heterocycles. The zero-order valence-corrected chi connectivity index (χ0v) is 22.0. The molecular formula is C28H31NO6S. The van der Waals surface area contributed by atoms with Gasteiger partial charge in [-0.3, -0.25) is 4.79 Å². The number of hydrogen-bond donors (Lipinski definition) is 2. The second kappa shape index (κ2) is 11.1. The molecule has 1 aliphatic rings. The molecule has 36 heavy (non-hydrogen) atoms. The molecule has 2 N–H and O–H groups in total. The van der Waals surface area contributed by atoms with Crippen LogP contribution in [0.1, 0.15) is 29.2 Å². The van der Waals surface area contributed by atoms with Crippen LogP contribution in [0.5, 0.6) is 28.7 Å². The van der Waals surface area contributed by atoms with Crippen LogP contribution in [-0.4, -0.2) is 39.8 Å². The standard InChI is InChI=1S/C28H31NO6S/c1-32-23-12-16(6-10-21(23)30)15-29-20-9-7-17-13-24(33-2)27(34-3)28(35-4)26(17)18-8-11-25(36-5)22(31)14-19(18)20/h6,8,10-14,20,29-30H,7,9,15H2,1-5H3/t20-/m0/s1. The summed E-state index contributed by atoms with van der Waals surface area (Å²) in [7, 11) is 6.34. The highest BCUT2D eigenvalue weighted by molar-refractivity contribution is 7.98. The van der Waals surface area contributed by atoms with Gasteiger partial charge in [-0.05, 0) is 71.7 Å². The Hall–Kier alpha value is -3.36. The minimum atomic E-state index is -0.108. The Kier molecular flexibility index (Phi) is 7.96. The molecule has 0 unspecified atom stereocenters. The van der Waals surface area contributed by atoms with E-state index in [1.54, 1.807) is 33.5 Å². The van der Waals surface area contributed by atoms with E-state index in [0.717, 1.165) is 40.7 Å². The molecule has 0 spiro atoms. The highest BCUT2D eigenvalue weighted by Crippen LogP contribution is 2.50. The lowest BCUT2D eigenvalue weighted by Gasteiger charge is -2.20. The van der Waals surface area contributed by atoms with Crippen molar-refractivity contribution >= 4 is 11.8 Å². The summed E-state index contributed by atoms with van der Waals surface area (Å²) in [6, 6.07) is 12.8. The normalized spacial score (nSPS) is 14.3. The van der Waals surface area contributed by atoms with Gasteiger partial charge in [-0.15, -0.1) is 11.8 Å². The zero-order valence-electron chi connectivity index (χ0n) is 21.1. The Morgan fingerprint density at radius 1 is 0.944 bits per heavy atom. The van der Waals surface area contributed by atoms with Gasteiger partial charge in [-0.1, -0.05) is 12.1 Å². The van der Waals surface area contributed by atoms with Gasteiger partial charge in [0, 0.05) is 18.2 Å². The summed E-state index contributed by atoms with van der Waals surface area (Å²) in [6.45, 7) is 0.531. The summed E-state index contributed by atoms with van der Waals surface area (Å²) in [5.41, 5.74) is 4.72. The maximum atomic E-state index is 13.1. The molecule has 0 saturated carbocycles. The van der Waals surface area contributed by atoms with Crippen molar-refractivity contribution in [1.82, 2.24) is 5.32 Å². The lowest BCUT2D eigenvalue weighted by Crippen LogP contribution is -2.22. The fraction of sp³-hybridized carbons (Fsp3) is 0.321. The summed E-state index contributed by atoms with van der Waals surface area (Å²) in [4.78, 5) is 13.8. The molecule has 3 aromatic carbocycles. The van der Waals surface area contributed by atoms with Crippen LogP contribution >= 0.6 is 11.8 Å². The number of phenolic OH excluding ortho intramolecular Hbond substituents is 1. The van der Waals surface area contributed by atoms with Crippen molar-refractivity contribution in [3.05, 3.63) is 69.4 Å². The number of phenols is 1. The van der Waals surface area contributed by atoms with E-state index in [0.29, 0.717) is 34.4 Å². The van der Waals surface area contributed by atoms with Gasteiger partial charge in [0.1, 0.15) is 0 Å². The lowest BCUT2D eigenvalue weighted by atomic mass is 9.95. The molecule has 0 saturated heterocycles. The first-order valence-corrected chi connectivity index (χ1v) is 12.8. The number of nitrogens with one attached hydrogen (secondary N) is 1. The van der Waals surface area contributed by atoms with E-state index in [-0.39, 0.29) is 17.2 Å². The van der Waals surface area contributed by atoms with Gasteiger partial charge in [0.15, 0.2) is 28.4 Å². The molecule has 8 heteroatoms. The van der Waals surface area contributed by atoms with Crippen molar-refractivity contribution in [2.24, 2.45) is 0 Å². The van der Waals surface area contributed by atoms with Crippen LogP contribution in [0.25, 0.3) is 11.1 Å². The van der Waals surface area contributed by atoms with E-state index in [1.807, 2.05) is 36.6 Å². The number of aromatic hydroxyl groups is 1. The van der Waals surface area contributed by atoms with Gasteiger partial charge in [0.05, 0.1) is 33.3 Å². The number of hydrogen-bond acceptors (Lipinski definition) is 8. The van der Waals surface area contributed by atoms with Crippen LogP contribution in [0.2, 0.25) is 0 Å². The molecule has 7 nitrogen and oxygen atoms in total. The summed E-state index contributed by atoms with van der Waals surface area (Å²) < 4.78 is 22.4. The van der Waals surface area contributed by atoms with Crippen molar-refractivity contribution in [3.8, 4) is 39.9 Å². The largest absolute Gasteiger partial charge is 0.504 e. The van der Waals surface area contributed by atoms with E-state index in [1.165, 1.54) is 18.9 Å². The molecule has 190 valence electrons. The lowest BCUT2D eigenvalue weighted by molar-refractivity contribution is 0.324. The number of fused-ring (bicyclic) bond motifs is 3. The number of ether oxygens (including phenoxy) is 4. The maximum Gasteiger partial charge on any atom is 0.203 e. The molecule has 0 amide bonds. The topological polar surface area (TPSA) is 86.3 Å². The smallest absolute Gasteiger partial charge is 0.203 e. The summed E-state index contributed by atoms with van der Waals surface area (Å²) in [5.74, 6) is 2.23. The number of aryl methyl sites for hydroxylation is 1. The van der Waals surface area contributed by atoms with Crippen LogP contribution in [0.15, 0.2) is 52.2 Å². The predicted molar refractivity (Wildman–Crippen MR) is 142 cm³/mol. The summed E-state index contributed by atoms with van der Waals surface area (Å²) >= 11 is 1.43. The third-order valence-corrected chi connectivity index (χ3v) is 7.29. The SMILES string of the molecule is COc1cc(CN[C@H]2CCc3cc(OC)c(OC)c(OC)c3-c3ccc(SC)c(=O)cc32)ccc1O. The van der Waals surface area contributed by atoms with Crippen molar-refractivity contribution in [2.45, 2.75) is 30.3 Å². The number of thioether (sulfide) groups is 1. The molecule has 0 heterocycles. The second-order valence-electron chi connectivity index (χ2n) is 8.44. The van der Waals surface area contributed by atoms with Crippen molar-refractivity contribution in [3.63, 3.8) is 0 Å². The van der Waals surface area contributed by atoms with E-state index >= 15 is 0 Å². The maximum absolute atomic E-state index is 13.1. The van der Waals surface area contributed by atoms with Gasteiger partial charge >= 0.3 is 0 Å². The minimum Gasteiger partial charge on any atom is -0.504 e. The fourth-order valence-electron chi connectivity index (χ4n) is 4.75. The minimum absolute atomic E-state index is 0.0234. The van der Waals surface area contributed by atoms with Gasteiger partial charge in [-0.2, -0.15) is 0 Å². The Balaban J connectivity index is 1.86. The van der Waals surface area contributed by atoms with Crippen LogP contribution in [0, 0.1) is 0 Å². The van der Waals surface area contributed by atoms with Gasteiger partial charge in [-0.25, -0.2) is 0 Å². The van der Waals surface area contributed by atoms with Crippen molar-refractivity contribution in [1.29, 1.82) is 0 Å². The van der Waals surface area contributed by atoms with Crippen LogP contribution in [-0.2, 0) is 13.0 Å². The van der Waals surface area contributed by atoms with Gasteiger partial charge < -0.3 is 29.4 Å². The number of methoxy groups -OCH3 is 4. The highest BCUT2D eigenvalue weighted by atomic mass is 32.2. The van der Waals surface area contributed by atoms with E-state index in [2.05, 4.69) is 5.32 Å². The van der Waals surface area contributed by atoms with Gasteiger partial charge in [0.2, 0.25) is 5.75 Å². The zero-order chi connectivity index (χ0) is 25.8. The molecule has 0 aromatic heterocycles. The quantitative estimate of drug-likeness (QED) is 0.413. The molecule has 0 radical (unpaired) electrons. The average molecular weight is 510 g/mol. The monoisotopic (exact) mass is 509 g/mol. The second-order valence-corrected chi connectivity index (χ2v) is 9.29. The molecule has 0 fully saturated rings. The average Bonchev–Trinajstić information content (AvgIpc) is 3.14. The van der Waals surface area contributed by atoms with E-state index < -0.39 is 0 Å². The predicted octanol–water partition coefficient (Wildman–Crippen LogP) is 4.95. The molecular weight excluding hydrogens is 478 g/mol. The first-order valence-electron chi connectivity index (χ1n) is 11.6. The summed E-state index contributed by atoms with van der Waals surface area (Å²) in [6.07, 6.45) is 3.40. The Labute approximate surface area is 215 Å². The molecule has 3 aromatic rings. The number of benzene rings is 2. The van der Waals surface area contributed by atoms with E-state index in [9.17, 15) is 9.90 Å². The molecule has 1 aliphatic carbocycles. The van der Waals surface area contributed by atoms with Crippen LogP contribution in [0.3, 0.4) is 0 Å². The Bertz CT molecular complexity index is 1330. The molecule has 0 bridgehead atoms. The Morgan fingerprint density at radius 3 is 2.36 bits per heavy atom. The highest BCUT2D eigenvalue weighted by Gasteiger charge is 2.29. The summed E-state index contributed by atoms with van der Waals surface area (Å²) in [5, 5.41) is 13.6. The van der Waals surface area contributed by atoms with Crippen molar-refractivity contribution in [2.75, 3.05) is 34.7 Å². The first kappa shape index (κ1) is 25.7.